The Morgan fingerprint density at radius 3 is 2.77 bits per heavy atom. The summed E-state index contributed by atoms with van der Waals surface area (Å²) in [5.74, 6) is 4.58. The third kappa shape index (κ3) is 1.88. The molecule has 0 atom stereocenters. The average molecular weight is 182 g/mol. The van der Waals surface area contributed by atoms with Crippen molar-refractivity contribution >= 4 is 11.7 Å². The van der Waals surface area contributed by atoms with Gasteiger partial charge in [0.05, 0.1) is 18.4 Å². The second-order valence-electron chi connectivity index (χ2n) is 2.36. The SMILES string of the molecule is COc1cc(C(=O)O)ccc1NN. The summed E-state index contributed by atoms with van der Waals surface area (Å²) in [6.45, 7) is 0. The van der Waals surface area contributed by atoms with Gasteiger partial charge in [0.15, 0.2) is 0 Å². The Labute approximate surface area is 75.1 Å². The zero-order chi connectivity index (χ0) is 9.84. The van der Waals surface area contributed by atoms with Crippen molar-refractivity contribution in [3.05, 3.63) is 23.8 Å². The summed E-state index contributed by atoms with van der Waals surface area (Å²) in [5.41, 5.74) is 3.11. The predicted molar refractivity (Wildman–Crippen MR) is 47.8 cm³/mol. The molecule has 0 heterocycles. The number of anilines is 1. The fraction of sp³-hybridized carbons (Fsp3) is 0.125. The Bertz CT molecular complexity index is 325. The topological polar surface area (TPSA) is 84.6 Å². The molecule has 1 aromatic carbocycles. The summed E-state index contributed by atoms with van der Waals surface area (Å²) in [5, 5.41) is 8.66. The summed E-state index contributed by atoms with van der Waals surface area (Å²) >= 11 is 0. The molecule has 0 radical (unpaired) electrons. The molecule has 0 saturated carbocycles. The summed E-state index contributed by atoms with van der Waals surface area (Å²) in [6, 6.07) is 4.39. The molecular formula is C8H10N2O3. The molecule has 0 unspecified atom stereocenters. The van der Waals surface area contributed by atoms with Crippen molar-refractivity contribution in [1.29, 1.82) is 0 Å². The quantitative estimate of drug-likeness (QED) is 0.472. The largest absolute Gasteiger partial charge is 0.495 e. The fourth-order valence-electron chi connectivity index (χ4n) is 0.943. The lowest BCUT2D eigenvalue weighted by atomic mass is 10.2. The van der Waals surface area contributed by atoms with Gasteiger partial charge in [-0.2, -0.15) is 0 Å². The van der Waals surface area contributed by atoms with Gasteiger partial charge in [0, 0.05) is 0 Å². The summed E-state index contributed by atoms with van der Waals surface area (Å²) in [6.07, 6.45) is 0. The lowest BCUT2D eigenvalue weighted by Gasteiger charge is -2.07. The summed E-state index contributed by atoms with van der Waals surface area (Å²) < 4.78 is 4.92. The van der Waals surface area contributed by atoms with Crippen LogP contribution in [0.4, 0.5) is 5.69 Å². The van der Waals surface area contributed by atoms with E-state index in [-0.39, 0.29) is 5.56 Å². The van der Waals surface area contributed by atoms with Crippen LogP contribution in [0.1, 0.15) is 10.4 Å². The molecule has 4 N–H and O–H groups in total. The highest BCUT2D eigenvalue weighted by Crippen LogP contribution is 2.24. The molecule has 0 aliphatic heterocycles. The molecule has 0 aliphatic rings. The molecule has 0 saturated heterocycles. The standard InChI is InChI=1S/C8H10N2O3/c1-13-7-4-5(8(11)12)2-3-6(7)10-9/h2-4,10H,9H2,1H3,(H,11,12). The van der Waals surface area contributed by atoms with Gasteiger partial charge in [-0.1, -0.05) is 0 Å². The third-order valence-electron chi connectivity index (χ3n) is 1.60. The van der Waals surface area contributed by atoms with Crippen molar-refractivity contribution in [2.45, 2.75) is 0 Å². The monoisotopic (exact) mass is 182 g/mol. The maximum atomic E-state index is 10.6. The van der Waals surface area contributed by atoms with Crippen molar-refractivity contribution < 1.29 is 14.6 Å². The van der Waals surface area contributed by atoms with Crippen molar-refractivity contribution in [1.82, 2.24) is 0 Å². The molecule has 0 fully saturated rings. The Hall–Kier alpha value is -1.75. The van der Waals surface area contributed by atoms with E-state index < -0.39 is 5.97 Å². The van der Waals surface area contributed by atoms with Crippen molar-refractivity contribution in [3.63, 3.8) is 0 Å². The second kappa shape index (κ2) is 3.77. The molecule has 0 amide bonds. The number of carboxylic acid groups (broad SMARTS) is 1. The average Bonchev–Trinajstić information content (AvgIpc) is 2.16. The highest BCUT2D eigenvalue weighted by atomic mass is 16.5. The molecule has 0 spiro atoms. The molecule has 0 aromatic heterocycles. The van der Waals surface area contributed by atoms with Crippen LogP contribution in [0, 0.1) is 0 Å². The van der Waals surface area contributed by atoms with Crippen molar-refractivity contribution in [3.8, 4) is 5.75 Å². The number of hydrazine groups is 1. The lowest BCUT2D eigenvalue weighted by molar-refractivity contribution is 0.0696. The van der Waals surface area contributed by atoms with Gasteiger partial charge in [0.25, 0.3) is 0 Å². The number of hydrogen-bond acceptors (Lipinski definition) is 4. The van der Waals surface area contributed by atoms with Crippen LogP contribution >= 0.6 is 0 Å². The summed E-state index contributed by atoms with van der Waals surface area (Å²) in [7, 11) is 1.45. The van der Waals surface area contributed by atoms with Gasteiger partial charge in [0.1, 0.15) is 5.75 Å². The number of nitrogen functional groups attached to an aromatic ring is 1. The van der Waals surface area contributed by atoms with Gasteiger partial charge in [0.2, 0.25) is 0 Å². The minimum Gasteiger partial charge on any atom is -0.495 e. The first kappa shape index (κ1) is 9.34. The summed E-state index contributed by atoms with van der Waals surface area (Å²) in [4.78, 5) is 10.6. The number of aromatic carboxylic acids is 1. The van der Waals surface area contributed by atoms with Crippen LogP contribution in [-0.2, 0) is 0 Å². The van der Waals surface area contributed by atoms with E-state index in [2.05, 4.69) is 5.43 Å². The van der Waals surface area contributed by atoms with E-state index in [0.717, 1.165) is 0 Å². The Morgan fingerprint density at radius 2 is 2.31 bits per heavy atom. The molecule has 1 rings (SSSR count). The Kier molecular flexibility index (Phi) is 2.71. The molecule has 0 bridgehead atoms. The first-order chi connectivity index (χ1) is 6.19. The van der Waals surface area contributed by atoms with Crippen LogP contribution in [0.3, 0.4) is 0 Å². The number of nitrogens with one attached hydrogen (secondary N) is 1. The van der Waals surface area contributed by atoms with Gasteiger partial charge in [-0.3, -0.25) is 5.84 Å². The minimum absolute atomic E-state index is 0.163. The number of carboxylic acids is 1. The molecule has 5 heteroatoms. The maximum Gasteiger partial charge on any atom is 0.335 e. The highest BCUT2D eigenvalue weighted by Gasteiger charge is 2.07. The molecule has 1 aromatic rings. The minimum atomic E-state index is -0.998. The smallest absolute Gasteiger partial charge is 0.335 e. The molecule has 5 nitrogen and oxygen atoms in total. The van der Waals surface area contributed by atoms with Gasteiger partial charge in [-0.05, 0) is 18.2 Å². The normalized spacial score (nSPS) is 9.38. The number of methoxy groups -OCH3 is 1. The number of nitrogens with two attached hydrogens (primary N) is 1. The van der Waals surface area contributed by atoms with Gasteiger partial charge in [-0.25, -0.2) is 4.79 Å². The van der Waals surface area contributed by atoms with E-state index in [1.165, 1.54) is 19.2 Å². The lowest BCUT2D eigenvalue weighted by Crippen LogP contribution is -2.08. The van der Waals surface area contributed by atoms with E-state index in [1.807, 2.05) is 0 Å². The number of ether oxygens (including phenoxy) is 1. The third-order valence-corrected chi connectivity index (χ3v) is 1.60. The van der Waals surface area contributed by atoms with Crippen LogP contribution in [0.25, 0.3) is 0 Å². The number of benzene rings is 1. The first-order valence-electron chi connectivity index (χ1n) is 3.57. The zero-order valence-electron chi connectivity index (χ0n) is 7.07. The van der Waals surface area contributed by atoms with Crippen LogP contribution < -0.4 is 16.0 Å². The van der Waals surface area contributed by atoms with E-state index in [9.17, 15) is 4.79 Å². The second-order valence-corrected chi connectivity index (χ2v) is 2.36. The molecule has 0 aliphatic carbocycles. The molecule has 70 valence electrons. The first-order valence-corrected chi connectivity index (χ1v) is 3.57. The van der Waals surface area contributed by atoms with Crippen LogP contribution in [0.5, 0.6) is 5.75 Å². The predicted octanol–water partition coefficient (Wildman–Crippen LogP) is 0.679. The highest BCUT2D eigenvalue weighted by molar-refractivity contribution is 5.89. The van der Waals surface area contributed by atoms with E-state index >= 15 is 0 Å². The van der Waals surface area contributed by atoms with Crippen LogP contribution in [-0.4, -0.2) is 18.2 Å². The maximum absolute atomic E-state index is 10.6. The zero-order valence-corrected chi connectivity index (χ0v) is 7.07. The van der Waals surface area contributed by atoms with Crippen LogP contribution in [0.2, 0.25) is 0 Å². The van der Waals surface area contributed by atoms with E-state index in [4.69, 9.17) is 15.7 Å². The van der Waals surface area contributed by atoms with Gasteiger partial charge in [-0.15, -0.1) is 0 Å². The van der Waals surface area contributed by atoms with E-state index in [0.29, 0.717) is 11.4 Å². The number of hydrogen-bond donors (Lipinski definition) is 3. The number of carbonyl (C=O) groups is 1. The molecule has 13 heavy (non-hydrogen) atoms. The fourth-order valence-corrected chi connectivity index (χ4v) is 0.943. The van der Waals surface area contributed by atoms with Crippen LogP contribution in [0.15, 0.2) is 18.2 Å². The van der Waals surface area contributed by atoms with Crippen molar-refractivity contribution in [2.24, 2.45) is 5.84 Å². The molecular weight excluding hydrogens is 172 g/mol. The van der Waals surface area contributed by atoms with Gasteiger partial charge < -0.3 is 15.3 Å². The van der Waals surface area contributed by atoms with Gasteiger partial charge >= 0.3 is 5.97 Å². The van der Waals surface area contributed by atoms with E-state index in [1.54, 1.807) is 6.07 Å². The Morgan fingerprint density at radius 1 is 1.62 bits per heavy atom. The van der Waals surface area contributed by atoms with Crippen molar-refractivity contribution in [2.75, 3.05) is 12.5 Å². The Balaban J connectivity index is 3.13. The number of rotatable bonds is 3.